The monoisotopic (exact) mass is 589 g/mol. The van der Waals surface area contributed by atoms with Crippen molar-refractivity contribution in [2.45, 2.75) is 84.0 Å². The van der Waals surface area contributed by atoms with Crippen molar-refractivity contribution in [3.63, 3.8) is 0 Å². The molecule has 232 valence electrons. The third kappa shape index (κ3) is 10.5. The highest BCUT2D eigenvalue weighted by Gasteiger charge is 2.26. The Kier molecular flexibility index (Phi) is 11.8. The SMILES string of the molecule is CO[C@H](C)CN(CCCCc1ccc2c(n1)NCCC2)CC[C@H](Nc1cncc(-c2ccncc2)n1)C(=O)OC(C)(C)C. The lowest BCUT2D eigenvalue weighted by Crippen LogP contribution is -2.41. The standard InChI is InChI=1S/C33H47N7O3/c1-24(42-5)23-40(19-7-6-10-27-12-11-26-9-8-16-36-31(26)37-27)20-15-28(32(41)43-33(2,3)4)38-30-22-35-21-29(39-30)25-13-17-34-18-14-25/h11-14,17-18,21-22,24,28H,6-10,15-16,19-20,23H2,1-5H3,(H,36,37)(H,38,39)/t24-,28+/m1/s1. The van der Waals surface area contributed by atoms with Crippen molar-refractivity contribution in [2.24, 2.45) is 0 Å². The third-order valence-electron chi connectivity index (χ3n) is 7.38. The number of methoxy groups -OCH3 is 1. The molecule has 0 spiro atoms. The van der Waals surface area contributed by atoms with Crippen LogP contribution in [0.25, 0.3) is 11.3 Å². The van der Waals surface area contributed by atoms with Crippen molar-refractivity contribution in [3.05, 3.63) is 60.3 Å². The Morgan fingerprint density at radius 3 is 2.65 bits per heavy atom. The van der Waals surface area contributed by atoms with Crippen LogP contribution in [0.4, 0.5) is 11.6 Å². The summed E-state index contributed by atoms with van der Waals surface area (Å²) in [6, 6.07) is 7.56. The van der Waals surface area contributed by atoms with Gasteiger partial charge >= 0.3 is 5.97 Å². The first kappa shape index (κ1) is 32.3. The van der Waals surface area contributed by atoms with E-state index in [2.05, 4.69) is 44.6 Å². The van der Waals surface area contributed by atoms with E-state index in [1.165, 1.54) is 12.0 Å². The van der Waals surface area contributed by atoms with Crippen LogP contribution in [0.2, 0.25) is 0 Å². The van der Waals surface area contributed by atoms with Crippen LogP contribution in [-0.4, -0.2) is 81.8 Å². The molecule has 0 radical (unpaired) electrons. The Balaban J connectivity index is 1.38. The van der Waals surface area contributed by atoms with Gasteiger partial charge in [-0.3, -0.25) is 9.97 Å². The molecule has 2 atom stereocenters. The maximum Gasteiger partial charge on any atom is 0.329 e. The molecule has 0 fully saturated rings. The Hall–Kier alpha value is -3.63. The average molecular weight is 590 g/mol. The first-order chi connectivity index (χ1) is 20.7. The Bertz CT molecular complexity index is 1300. The Morgan fingerprint density at radius 2 is 1.88 bits per heavy atom. The fourth-order valence-electron chi connectivity index (χ4n) is 5.09. The molecule has 4 heterocycles. The van der Waals surface area contributed by atoms with Gasteiger partial charge in [-0.05, 0) is 96.5 Å². The minimum absolute atomic E-state index is 0.0734. The molecule has 3 aromatic rings. The van der Waals surface area contributed by atoms with E-state index in [9.17, 15) is 4.79 Å². The van der Waals surface area contributed by atoms with Crippen molar-refractivity contribution in [3.8, 4) is 11.3 Å². The highest BCUT2D eigenvalue weighted by molar-refractivity contribution is 5.79. The van der Waals surface area contributed by atoms with E-state index in [0.29, 0.717) is 24.5 Å². The molecule has 10 nitrogen and oxygen atoms in total. The highest BCUT2D eigenvalue weighted by Crippen LogP contribution is 2.21. The van der Waals surface area contributed by atoms with Gasteiger partial charge in [0.1, 0.15) is 23.3 Å². The van der Waals surface area contributed by atoms with E-state index < -0.39 is 11.6 Å². The second-order valence-electron chi connectivity index (χ2n) is 12.2. The lowest BCUT2D eigenvalue weighted by molar-refractivity contribution is -0.156. The van der Waals surface area contributed by atoms with Crippen LogP contribution >= 0.6 is 0 Å². The summed E-state index contributed by atoms with van der Waals surface area (Å²) >= 11 is 0. The first-order valence-corrected chi connectivity index (χ1v) is 15.4. The topological polar surface area (TPSA) is 114 Å². The van der Waals surface area contributed by atoms with Gasteiger partial charge in [0.15, 0.2) is 0 Å². The number of carbonyl (C=O) groups excluding carboxylic acids is 1. The molecule has 10 heteroatoms. The van der Waals surface area contributed by atoms with E-state index >= 15 is 0 Å². The number of aromatic nitrogens is 4. The lowest BCUT2D eigenvalue weighted by atomic mass is 10.1. The largest absolute Gasteiger partial charge is 0.458 e. The molecule has 1 aliphatic rings. The van der Waals surface area contributed by atoms with E-state index in [1.807, 2.05) is 32.9 Å². The number of anilines is 2. The zero-order valence-corrected chi connectivity index (χ0v) is 26.3. The van der Waals surface area contributed by atoms with Gasteiger partial charge in [-0.1, -0.05) is 6.07 Å². The summed E-state index contributed by atoms with van der Waals surface area (Å²) < 4.78 is 11.4. The van der Waals surface area contributed by atoms with E-state index in [-0.39, 0.29) is 12.1 Å². The van der Waals surface area contributed by atoms with E-state index in [1.54, 1.807) is 31.9 Å². The molecule has 0 amide bonds. The van der Waals surface area contributed by atoms with Crippen molar-refractivity contribution in [1.82, 2.24) is 24.8 Å². The van der Waals surface area contributed by atoms with Gasteiger partial charge in [0.25, 0.3) is 0 Å². The van der Waals surface area contributed by atoms with E-state index in [0.717, 1.165) is 62.4 Å². The van der Waals surface area contributed by atoms with Crippen LogP contribution in [0, 0.1) is 0 Å². The molecule has 0 saturated heterocycles. The predicted octanol–water partition coefficient (Wildman–Crippen LogP) is 5.16. The molecule has 0 saturated carbocycles. The maximum atomic E-state index is 13.3. The fraction of sp³-hybridized carbons (Fsp3) is 0.545. The van der Waals surface area contributed by atoms with Gasteiger partial charge in [-0.2, -0.15) is 0 Å². The number of carbonyl (C=O) groups is 1. The lowest BCUT2D eigenvalue weighted by Gasteiger charge is -2.29. The minimum atomic E-state index is -0.605. The first-order valence-electron chi connectivity index (χ1n) is 15.4. The highest BCUT2D eigenvalue weighted by atomic mass is 16.6. The minimum Gasteiger partial charge on any atom is -0.458 e. The molecular formula is C33H47N7O3. The van der Waals surface area contributed by atoms with Crippen molar-refractivity contribution < 1.29 is 14.3 Å². The summed E-state index contributed by atoms with van der Waals surface area (Å²) in [4.78, 5) is 33.7. The van der Waals surface area contributed by atoms with Crippen LogP contribution in [0.1, 0.15) is 64.6 Å². The number of hydrogen-bond acceptors (Lipinski definition) is 10. The Labute approximate surface area is 256 Å². The predicted molar refractivity (Wildman–Crippen MR) is 170 cm³/mol. The van der Waals surface area contributed by atoms with Gasteiger partial charge in [-0.25, -0.2) is 14.8 Å². The second kappa shape index (κ2) is 15.7. The molecular weight excluding hydrogens is 542 g/mol. The number of nitrogens with zero attached hydrogens (tertiary/aromatic N) is 5. The molecule has 0 bridgehead atoms. The van der Waals surface area contributed by atoms with Crippen LogP contribution in [0.5, 0.6) is 0 Å². The number of pyridine rings is 2. The van der Waals surface area contributed by atoms with Gasteiger partial charge in [0.05, 0.1) is 24.2 Å². The summed E-state index contributed by atoms with van der Waals surface area (Å²) in [6.07, 6.45) is 12.7. The number of aryl methyl sites for hydroxylation is 2. The second-order valence-corrected chi connectivity index (χ2v) is 12.2. The molecule has 0 aromatic carbocycles. The zero-order valence-electron chi connectivity index (χ0n) is 26.3. The van der Waals surface area contributed by atoms with Crippen LogP contribution in [0.3, 0.4) is 0 Å². The average Bonchev–Trinajstić information content (AvgIpc) is 3.00. The molecule has 2 N–H and O–H groups in total. The number of hydrogen-bond donors (Lipinski definition) is 2. The summed E-state index contributed by atoms with van der Waals surface area (Å²) in [6.45, 7) is 11.1. The summed E-state index contributed by atoms with van der Waals surface area (Å²) in [5.74, 6) is 1.26. The maximum absolute atomic E-state index is 13.3. The third-order valence-corrected chi connectivity index (χ3v) is 7.38. The molecule has 1 aliphatic heterocycles. The number of unbranched alkanes of at least 4 members (excludes halogenated alkanes) is 1. The summed E-state index contributed by atoms with van der Waals surface area (Å²) in [5, 5.41) is 6.74. The smallest absolute Gasteiger partial charge is 0.329 e. The van der Waals surface area contributed by atoms with Crippen molar-refractivity contribution in [1.29, 1.82) is 0 Å². The number of esters is 1. The molecule has 3 aromatic heterocycles. The van der Waals surface area contributed by atoms with Crippen molar-refractivity contribution in [2.75, 3.05) is 43.9 Å². The number of ether oxygens (including phenoxy) is 2. The van der Waals surface area contributed by atoms with Crippen LogP contribution < -0.4 is 10.6 Å². The van der Waals surface area contributed by atoms with Crippen LogP contribution in [0.15, 0.2) is 49.1 Å². The quantitative estimate of drug-likeness (QED) is 0.182. The molecule has 0 aliphatic carbocycles. The van der Waals surface area contributed by atoms with Gasteiger partial charge < -0.3 is 25.0 Å². The zero-order chi connectivity index (χ0) is 30.7. The fourth-order valence-corrected chi connectivity index (χ4v) is 5.09. The van der Waals surface area contributed by atoms with E-state index in [4.69, 9.17) is 19.4 Å². The Morgan fingerprint density at radius 1 is 1.07 bits per heavy atom. The molecule has 0 unspecified atom stereocenters. The normalized spacial score (nSPS) is 14.5. The number of rotatable bonds is 15. The molecule has 43 heavy (non-hydrogen) atoms. The van der Waals surface area contributed by atoms with Gasteiger partial charge in [0.2, 0.25) is 0 Å². The molecule has 4 rings (SSSR count). The van der Waals surface area contributed by atoms with Gasteiger partial charge in [-0.15, -0.1) is 0 Å². The number of nitrogens with one attached hydrogen (secondary N) is 2. The number of fused-ring (bicyclic) bond motifs is 1. The van der Waals surface area contributed by atoms with Crippen molar-refractivity contribution >= 4 is 17.6 Å². The van der Waals surface area contributed by atoms with Crippen LogP contribution in [-0.2, 0) is 27.1 Å². The summed E-state index contributed by atoms with van der Waals surface area (Å²) in [7, 11) is 1.73. The summed E-state index contributed by atoms with van der Waals surface area (Å²) in [5.41, 5.74) is 3.45. The van der Waals surface area contributed by atoms with Gasteiger partial charge in [0, 0.05) is 50.4 Å².